The summed E-state index contributed by atoms with van der Waals surface area (Å²) in [6.45, 7) is 3.56. The maximum Gasteiger partial charge on any atom is 0.223 e. The van der Waals surface area contributed by atoms with Gasteiger partial charge in [0.15, 0.2) is 0 Å². The van der Waals surface area contributed by atoms with Crippen LogP contribution in [0.2, 0.25) is 0 Å². The maximum absolute atomic E-state index is 12.0. The molecule has 1 aliphatic rings. The topological polar surface area (TPSA) is 61.0 Å². The Morgan fingerprint density at radius 1 is 1.56 bits per heavy atom. The molecule has 1 heterocycles. The number of aromatic nitrogens is 2. The van der Waals surface area contributed by atoms with E-state index in [-0.39, 0.29) is 11.8 Å². The summed E-state index contributed by atoms with van der Waals surface area (Å²) < 4.78 is 0. The van der Waals surface area contributed by atoms with Gasteiger partial charge in [0.1, 0.15) is 5.82 Å². The van der Waals surface area contributed by atoms with Gasteiger partial charge in [-0.15, -0.1) is 0 Å². The van der Waals surface area contributed by atoms with Crippen molar-refractivity contribution in [3.8, 4) is 0 Å². The summed E-state index contributed by atoms with van der Waals surface area (Å²) in [5.74, 6) is 1.22. The number of H-pyrrole nitrogens is 1. The van der Waals surface area contributed by atoms with Crippen LogP contribution in [0.25, 0.3) is 0 Å². The van der Waals surface area contributed by atoms with Gasteiger partial charge in [0, 0.05) is 31.1 Å². The summed E-state index contributed by atoms with van der Waals surface area (Å²) in [7, 11) is 4.01. The fourth-order valence-electron chi connectivity index (χ4n) is 2.39. The van der Waals surface area contributed by atoms with Crippen LogP contribution in [0.1, 0.15) is 23.6 Å². The monoisotopic (exact) mass is 250 g/mol. The lowest BCUT2D eigenvalue weighted by molar-refractivity contribution is -0.125. The molecule has 1 aromatic rings. The Hall–Kier alpha value is -1.36. The largest absolute Gasteiger partial charge is 0.355 e. The minimum atomic E-state index is 0.0968. The molecule has 0 radical (unpaired) electrons. The smallest absolute Gasteiger partial charge is 0.223 e. The van der Waals surface area contributed by atoms with Crippen molar-refractivity contribution in [2.24, 2.45) is 5.92 Å². The molecule has 1 unspecified atom stereocenters. The number of imidazole rings is 1. The lowest BCUT2D eigenvalue weighted by Crippen LogP contribution is -2.37. The van der Waals surface area contributed by atoms with Crippen LogP contribution in [0.15, 0.2) is 0 Å². The number of aryl methyl sites for hydroxylation is 2. The lowest BCUT2D eigenvalue weighted by Gasteiger charge is -2.21. The van der Waals surface area contributed by atoms with E-state index in [9.17, 15) is 4.79 Å². The molecule has 0 spiro atoms. The fraction of sp³-hybridized carbons (Fsp3) is 0.692. The van der Waals surface area contributed by atoms with Crippen molar-refractivity contribution in [1.82, 2.24) is 20.2 Å². The number of carbonyl (C=O) groups excluding carboxylic acids is 1. The van der Waals surface area contributed by atoms with E-state index in [1.54, 1.807) is 0 Å². The van der Waals surface area contributed by atoms with E-state index in [2.05, 4.69) is 20.2 Å². The number of amides is 1. The van der Waals surface area contributed by atoms with E-state index in [0.29, 0.717) is 0 Å². The van der Waals surface area contributed by atoms with Gasteiger partial charge in [-0.05, 0) is 33.9 Å². The first-order valence-corrected chi connectivity index (χ1v) is 6.53. The highest BCUT2D eigenvalue weighted by atomic mass is 16.1. The highest BCUT2D eigenvalue weighted by molar-refractivity contribution is 5.79. The van der Waals surface area contributed by atoms with Crippen molar-refractivity contribution < 1.29 is 4.79 Å². The highest BCUT2D eigenvalue weighted by Gasteiger charge is 2.26. The molecule has 0 fully saturated rings. The molecular weight excluding hydrogens is 228 g/mol. The Kier molecular flexibility index (Phi) is 4.01. The Morgan fingerprint density at radius 2 is 2.33 bits per heavy atom. The number of nitrogens with zero attached hydrogens (tertiary/aromatic N) is 2. The summed E-state index contributed by atoms with van der Waals surface area (Å²) >= 11 is 0. The molecule has 5 nitrogen and oxygen atoms in total. The van der Waals surface area contributed by atoms with Gasteiger partial charge in [-0.1, -0.05) is 0 Å². The standard InChI is InChI=1S/C13H22N4O/c1-9-15-11-5-4-10(8-12(11)16-9)13(18)14-6-7-17(2)3/h10H,4-8H2,1-3H3,(H,14,18)(H,15,16). The number of fused-ring (bicyclic) bond motifs is 1. The minimum Gasteiger partial charge on any atom is -0.355 e. The van der Waals surface area contributed by atoms with E-state index in [1.807, 2.05) is 21.0 Å². The molecule has 5 heteroatoms. The van der Waals surface area contributed by atoms with Crippen LogP contribution in [-0.2, 0) is 17.6 Å². The van der Waals surface area contributed by atoms with Crippen LogP contribution in [0, 0.1) is 12.8 Å². The zero-order valence-electron chi connectivity index (χ0n) is 11.4. The van der Waals surface area contributed by atoms with Crippen LogP contribution in [0.4, 0.5) is 0 Å². The van der Waals surface area contributed by atoms with Crippen LogP contribution >= 0.6 is 0 Å². The van der Waals surface area contributed by atoms with Gasteiger partial charge in [-0.2, -0.15) is 0 Å². The third-order valence-corrected chi connectivity index (χ3v) is 3.39. The molecule has 1 aliphatic carbocycles. The number of hydrogen-bond acceptors (Lipinski definition) is 3. The molecular formula is C13H22N4O. The third kappa shape index (κ3) is 3.10. The number of rotatable bonds is 4. The molecule has 2 rings (SSSR count). The zero-order chi connectivity index (χ0) is 13.1. The number of aromatic amines is 1. The Bertz CT molecular complexity index is 425. The summed E-state index contributed by atoms with van der Waals surface area (Å²) in [4.78, 5) is 21.8. The zero-order valence-corrected chi connectivity index (χ0v) is 11.4. The second-order valence-electron chi connectivity index (χ2n) is 5.28. The van der Waals surface area contributed by atoms with Crippen molar-refractivity contribution in [3.05, 3.63) is 17.2 Å². The normalized spacial score (nSPS) is 18.8. The van der Waals surface area contributed by atoms with Gasteiger partial charge in [0.2, 0.25) is 5.91 Å². The van der Waals surface area contributed by atoms with E-state index in [4.69, 9.17) is 0 Å². The summed E-state index contributed by atoms with van der Waals surface area (Å²) in [5.41, 5.74) is 2.29. The maximum atomic E-state index is 12.0. The summed E-state index contributed by atoms with van der Waals surface area (Å²) in [6.07, 6.45) is 2.61. The lowest BCUT2D eigenvalue weighted by atomic mass is 9.89. The molecule has 0 saturated heterocycles. The molecule has 1 amide bonds. The highest BCUT2D eigenvalue weighted by Crippen LogP contribution is 2.23. The molecule has 0 bridgehead atoms. The van der Waals surface area contributed by atoms with Crippen molar-refractivity contribution >= 4 is 5.91 Å². The second-order valence-corrected chi connectivity index (χ2v) is 5.28. The van der Waals surface area contributed by atoms with E-state index in [0.717, 1.165) is 49.6 Å². The van der Waals surface area contributed by atoms with Gasteiger partial charge in [0.05, 0.1) is 5.69 Å². The molecule has 18 heavy (non-hydrogen) atoms. The Morgan fingerprint density at radius 3 is 3.06 bits per heavy atom. The molecule has 0 aromatic carbocycles. The fourth-order valence-corrected chi connectivity index (χ4v) is 2.39. The molecule has 2 N–H and O–H groups in total. The molecule has 1 aromatic heterocycles. The molecule has 0 aliphatic heterocycles. The van der Waals surface area contributed by atoms with Crippen LogP contribution in [0.5, 0.6) is 0 Å². The summed E-state index contributed by atoms with van der Waals surface area (Å²) in [5, 5.41) is 3.01. The number of likely N-dealkylation sites (N-methyl/N-ethyl adjacent to an activating group) is 1. The number of nitrogens with one attached hydrogen (secondary N) is 2. The van der Waals surface area contributed by atoms with Crippen molar-refractivity contribution in [1.29, 1.82) is 0 Å². The van der Waals surface area contributed by atoms with Crippen LogP contribution in [-0.4, -0.2) is 48.0 Å². The van der Waals surface area contributed by atoms with Crippen LogP contribution in [0.3, 0.4) is 0 Å². The predicted octanol–water partition coefficient (Wildman–Crippen LogP) is 0.501. The number of carbonyl (C=O) groups is 1. The average Bonchev–Trinajstić information content (AvgIpc) is 2.67. The van der Waals surface area contributed by atoms with Crippen molar-refractivity contribution in [2.45, 2.75) is 26.2 Å². The predicted molar refractivity (Wildman–Crippen MR) is 70.4 cm³/mol. The van der Waals surface area contributed by atoms with Gasteiger partial charge in [0.25, 0.3) is 0 Å². The Labute approximate surface area is 108 Å². The Balaban J connectivity index is 1.86. The third-order valence-electron chi connectivity index (χ3n) is 3.39. The molecule has 100 valence electrons. The van der Waals surface area contributed by atoms with E-state index in [1.165, 1.54) is 0 Å². The van der Waals surface area contributed by atoms with Crippen molar-refractivity contribution in [2.75, 3.05) is 27.2 Å². The first kappa shape index (κ1) is 13.1. The van der Waals surface area contributed by atoms with Crippen molar-refractivity contribution in [3.63, 3.8) is 0 Å². The minimum absolute atomic E-state index is 0.0968. The second kappa shape index (κ2) is 5.52. The molecule has 1 atom stereocenters. The van der Waals surface area contributed by atoms with Crippen LogP contribution < -0.4 is 5.32 Å². The first-order valence-electron chi connectivity index (χ1n) is 6.53. The van der Waals surface area contributed by atoms with Gasteiger partial charge < -0.3 is 15.2 Å². The van der Waals surface area contributed by atoms with E-state index < -0.39 is 0 Å². The SMILES string of the molecule is Cc1nc2c([nH]1)CC(C(=O)NCCN(C)C)CC2. The quantitative estimate of drug-likeness (QED) is 0.818. The summed E-state index contributed by atoms with van der Waals surface area (Å²) in [6, 6.07) is 0. The molecule has 0 saturated carbocycles. The van der Waals surface area contributed by atoms with Gasteiger partial charge in [-0.3, -0.25) is 4.79 Å². The average molecular weight is 250 g/mol. The van der Waals surface area contributed by atoms with Gasteiger partial charge >= 0.3 is 0 Å². The van der Waals surface area contributed by atoms with Gasteiger partial charge in [-0.25, -0.2) is 4.98 Å². The first-order chi connectivity index (χ1) is 8.56. The van der Waals surface area contributed by atoms with E-state index >= 15 is 0 Å². The number of hydrogen-bond donors (Lipinski definition) is 2.